The van der Waals surface area contributed by atoms with Crippen LogP contribution in [-0.2, 0) is 0 Å². The zero-order valence-corrected chi connectivity index (χ0v) is 9.45. The van der Waals surface area contributed by atoms with E-state index in [1.807, 2.05) is 34.9 Å². The third-order valence-corrected chi connectivity index (χ3v) is 3.08. The van der Waals surface area contributed by atoms with E-state index in [-0.39, 0.29) is 0 Å². The van der Waals surface area contributed by atoms with Gasteiger partial charge in [0.2, 0.25) is 0 Å². The van der Waals surface area contributed by atoms with E-state index >= 15 is 0 Å². The molecule has 0 aliphatic heterocycles. The Balaban J connectivity index is 2.04. The Kier molecular flexibility index (Phi) is 1.80. The lowest BCUT2D eigenvalue weighted by molar-refractivity contribution is 0.668. The molecule has 0 radical (unpaired) electrons. The van der Waals surface area contributed by atoms with Crippen molar-refractivity contribution in [2.75, 3.05) is 0 Å². The maximum absolute atomic E-state index is 5.84. The van der Waals surface area contributed by atoms with Crippen LogP contribution in [0.15, 0.2) is 59.5 Å². The number of rotatable bonds is 1. The largest absolute Gasteiger partial charge is 0.456 e. The number of para-hydroxylation sites is 1. The van der Waals surface area contributed by atoms with Gasteiger partial charge < -0.3 is 4.42 Å². The summed E-state index contributed by atoms with van der Waals surface area (Å²) in [5, 5.41) is 9.88. The lowest BCUT2D eigenvalue weighted by Gasteiger charge is -1.99. The zero-order chi connectivity index (χ0) is 11.9. The Morgan fingerprint density at radius 2 is 1.61 bits per heavy atom. The molecule has 0 unspecified atom stereocenters. The Morgan fingerprint density at radius 3 is 2.50 bits per heavy atom. The van der Waals surface area contributed by atoms with Gasteiger partial charge in [-0.1, -0.05) is 18.2 Å². The van der Waals surface area contributed by atoms with E-state index in [2.05, 4.69) is 22.3 Å². The summed E-state index contributed by atoms with van der Waals surface area (Å²) in [6, 6.07) is 14.1. The summed E-state index contributed by atoms with van der Waals surface area (Å²) in [6.45, 7) is 0. The molecule has 0 spiro atoms. The minimum atomic E-state index is 0.877. The smallest absolute Gasteiger partial charge is 0.137 e. The van der Waals surface area contributed by atoms with Gasteiger partial charge >= 0.3 is 0 Å². The Morgan fingerprint density at radius 1 is 0.833 bits per heavy atom. The van der Waals surface area contributed by atoms with E-state index in [0.717, 1.165) is 27.6 Å². The monoisotopic (exact) mass is 235 g/mol. The molecular weight excluding hydrogens is 226 g/mol. The van der Waals surface area contributed by atoms with Gasteiger partial charge in [0.05, 0.1) is 5.69 Å². The van der Waals surface area contributed by atoms with Crippen molar-refractivity contribution in [1.29, 1.82) is 0 Å². The van der Waals surface area contributed by atoms with Gasteiger partial charge in [0.25, 0.3) is 0 Å². The number of benzene rings is 2. The Bertz CT molecular complexity index is 831. The van der Waals surface area contributed by atoms with Crippen LogP contribution in [0.1, 0.15) is 0 Å². The molecule has 0 aliphatic carbocycles. The summed E-state index contributed by atoms with van der Waals surface area (Å²) >= 11 is 0. The zero-order valence-electron chi connectivity index (χ0n) is 9.45. The van der Waals surface area contributed by atoms with E-state index in [1.165, 1.54) is 0 Å². The van der Waals surface area contributed by atoms with Crippen molar-refractivity contribution < 1.29 is 4.42 Å². The van der Waals surface area contributed by atoms with Gasteiger partial charge in [-0.25, -0.2) is 0 Å². The van der Waals surface area contributed by atoms with E-state index in [4.69, 9.17) is 4.42 Å². The molecule has 4 nitrogen and oxygen atoms in total. The Labute approximate surface area is 102 Å². The predicted octanol–water partition coefficient (Wildman–Crippen LogP) is 3.17. The molecule has 0 bridgehead atoms. The highest BCUT2D eigenvalue weighted by Gasteiger charge is 2.07. The second-order valence-corrected chi connectivity index (χ2v) is 4.15. The van der Waals surface area contributed by atoms with Crippen LogP contribution in [0.2, 0.25) is 0 Å². The van der Waals surface area contributed by atoms with Crippen molar-refractivity contribution in [3.05, 3.63) is 55.1 Å². The molecule has 18 heavy (non-hydrogen) atoms. The third-order valence-electron chi connectivity index (χ3n) is 3.08. The van der Waals surface area contributed by atoms with Crippen LogP contribution in [0.5, 0.6) is 0 Å². The minimum Gasteiger partial charge on any atom is -0.456 e. The summed E-state index contributed by atoms with van der Waals surface area (Å²) in [5.41, 5.74) is 2.78. The molecule has 0 saturated heterocycles. The standard InChI is InChI=1S/C14H9N3O/c1-2-4-13-11(3-1)12-6-5-10(7-14(12)18-13)17-8-15-16-9-17/h1-9H. The van der Waals surface area contributed by atoms with Gasteiger partial charge in [0.1, 0.15) is 23.8 Å². The molecule has 0 aliphatic rings. The lowest BCUT2D eigenvalue weighted by atomic mass is 10.1. The van der Waals surface area contributed by atoms with Crippen LogP contribution in [0, 0.1) is 0 Å². The average Bonchev–Trinajstić information content (AvgIpc) is 3.05. The fraction of sp³-hybridized carbons (Fsp3) is 0. The highest BCUT2D eigenvalue weighted by Crippen LogP contribution is 2.29. The van der Waals surface area contributed by atoms with Crippen molar-refractivity contribution in [3.8, 4) is 5.69 Å². The molecule has 2 aromatic heterocycles. The molecule has 0 N–H and O–H groups in total. The van der Waals surface area contributed by atoms with E-state index in [9.17, 15) is 0 Å². The third kappa shape index (κ3) is 1.26. The topological polar surface area (TPSA) is 43.9 Å². The number of fused-ring (bicyclic) bond motifs is 3. The first-order valence-electron chi connectivity index (χ1n) is 5.68. The highest BCUT2D eigenvalue weighted by molar-refractivity contribution is 6.05. The Hall–Kier alpha value is -2.62. The van der Waals surface area contributed by atoms with Crippen LogP contribution in [0.25, 0.3) is 27.6 Å². The minimum absolute atomic E-state index is 0.877. The van der Waals surface area contributed by atoms with Crippen molar-refractivity contribution in [3.63, 3.8) is 0 Å². The predicted molar refractivity (Wildman–Crippen MR) is 68.6 cm³/mol. The van der Waals surface area contributed by atoms with E-state index in [0.29, 0.717) is 0 Å². The number of nitrogens with zero attached hydrogens (tertiary/aromatic N) is 3. The molecule has 0 amide bonds. The SMILES string of the molecule is c1ccc2c(c1)oc1cc(-n3cnnc3)ccc12. The summed E-state index contributed by atoms with van der Waals surface area (Å²) in [6.07, 6.45) is 3.34. The van der Waals surface area contributed by atoms with Gasteiger partial charge in [0, 0.05) is 16.8 Å². The first-order chi connectivity index (χ1) is 8.92. The molecular formula is C14H9N3O. The van der Waals surface area contributed by atoms with Crippen LogP contribution in [-0.4, -0.2) is 14.8 Å². The van der Waals surface area contributed by atoms with Crippen LogP contribution in [0.3, 0.4) is 0 Å². The van der Waals surface area contributed by atoms with E-state index < -0.39 is 0 Å². The molecule has 4 heteroatoms. The van der Waals surface area contributed by atoms with E-state index in [1.54, 1.807) is 12.7 Å². The van der Waals surface area contributed by atoms with Gasteiger partial charge in [0.15, 0.2) is 0 Å². The van der Waals surface area contributed by atoms with Crippen LogP contribution < -0.4 is 0 Å². The second kappa shape index (κ2) is 3.43. The van der Waals surface area contributed by atoms with Gasteiger partial charge in [-0.3, -0.25) is 4.57 Å². The summed E-state index contributed by atoms with van der Waals surface area (Å²) in [4.78, 5) is 0. The van der Waals surface area contributed by atoms with Gasteiger partial charge in [-0.2, -0.15) is 0 Å². The van der Waals surface area contributed by atoms with Crippen molar-refractivity contribution in [2.24, 2.45) is 0 Å². The fourth-order valence-corrected chi connectivity index (χ4v) is 2.21. The van der Waals surface area contributed by atoms with Gasteiger partial charge in [-0.05, 0) is 18.2 Å². The second-order valence-electron chi connectivity index (χ2n) is 4.15. The van der Waals surface area contributed by atoms with Crippen molar-refractivity contribution in [2.45, 2.75) is 0 Å². The fourth-order valence-electron chi connectivity index (χ4n) is 2.21. The first-order valence-corrected chi connectivity index (χ1v) is 5.68. The highest BCUT2D eigenvalue weighted by atomic mass is 16.3. The normalized spacial score (nSPS) is 11.3. The molecule has 0 fully saturated rings. The molecule has 4 rings (SSSR count). The summed E-state index contributed by atoms with van der Waals surface area (Å²) < 4.78 is 7.69. The number of hydrogen-bond acceptors (Lipinski definition) is 3. The summed E-state index contributed by atoms with van der Waals surface area (Å²) in [7, 11) is 0. The van der Waals surface area contributed by atoms with Crippen molar-refractivity contribution in [1.82, 2.24) is 14.8 Å². The summed E-state index contributed by atoms with van der Waals surface area (Å²) in [5.74, 6) is 0. The number of furan rings is 1. The lowest BCUT2D eigenvalue weighted by Crippen LogP contribution is -1.88. The molecule has 86 valence electrons. The maximum atomic E-state index is 5.84. The average molecular weight is 235 g/mol. The van der Waals surface area contributed by atoms with Crippen LogP contribution >= 0.6 is 0 Å². The molecule has 2 heterocycles. The number of hydrogen-bond donors (Lipinski definition) is 0. The quantitative estimate of drug-likeness (QED) is 0.509. The van der Waals surface area contributed by atoms with Gasteiger partial charge in [-0.15, -0.1) is 10.2 Å². The van der Waals surface area contributed by atoms with Crippen LogP contribution in [0.4, 0.5) is 0 Å². The number of aromatic nitrogens is 3. The molecule has 2 aromatic carbocycles. The van der Waals surface area contributed by atoms with Crippen molar-refractivity contribution >= 4 is 21.9 Å². The molecule has 0 saturated carbocycles. The maximum Gasteiger partial charge on any atom is 0.137 e. The first kappa shape index (κ1) is 9.41. The molecule has 0 atom stereocenters. The molecule has 4 aromatic rings.